The number of aromatic nitrogens is 2. The van der Waals surface area contributed by atoms with Crippen molar-refractivity contribution < 1.29 is 19.1 Å². The van der Waals surface area contributed by atoms with E-state index < -0.39 is 5.60 Å². The van der Waals surface area contributed by atoms with Crippen LogP contribution in [0.1, 0.15) is 71.5 Å². The topological polar surface area (TPSA) is 81.5 Å². The van der Waals surface area contributed by atoms with Gasteiger partial charge in [-0.2, -0.15) is 5.10 Å². The van der Waals surface area contributed by atoms with Gasteiger partial charge in [-0.05, 0) is 39.2 Å². The van der Waals surface area contributed by atoms with Crippen molar-refractivity contribution in [2.24, 2.45) is 0 Å². The molecule has 0 bridgehead atoms. The molecule has 0 atom stereocenters. The molecule has 1 amide bonds. The summed E-state index contributed by atoms with van der Waals surface area (Å²) in [6, 6.07) is 12.5. The molecule has 0 radical (unpaired) electrons. The molecule has 7 nitrogen and oxygen atoms in total. The number of rotatable bonds is 2. The van der Waals surface area contributed by atoms with Crippen LogP contribution in [-0.2, 0) is 4.74 Å². The number of fused-ring (bicyclic) bond motifs is 2. The molecular formula is C27H27N3O4. The van der Waals surface area contributed by atoms with Gasteiger partial charge in [-0.1, -0.05) is 42.5 Å². The number of amides is 1. The van der Waals surface area contributed by atoms with Gasteiger partial charge in [0.05, 0.1) is 12.2 Å². The van der Waals surface area contributed by atoms with Gasteiger partial charge in [0.15, 0.2) is 11.6 Å². The number of ether oxygens (including phenoxy) is 1. The van der Waals surface area contributed by atoms with Crippen molar-refractivity contribution in [2.45, 2.75) is 45.3 Å². The van der Waals surface area contributed by atoms with Gasteiger partial charge in [0, 0.05) is 47.1 Å². The summed E-state index contributed by atoms with van der Waals surface area (Å²) in [7, 11) is 0. The minimum absolute atomic E-state index is 0.131. The number of carbonyl (C=O) groups is 3. The Kier molecular flexibility index (Phi) is 5.35. The summed E-state index contributed by atoms with van der Waals surface area (Å²) in [6.45, 7) is 6.78. The zero-order valence-electron chi connectivity index (χ0n) is 19.6. The molecule has 1 aliphatic heterocycles. The van der Waals surface area contributed by atoms with E-state index in [0.717, 1.165) is 18.4 Å². The highest BCUT2D eigenvalue weighted by molar-refractivity contribution is 6.30. The molecule has 2 aliphatic rings. The highest BCUT2D eigenvalue weighted by Crippen LogP contribution is 2.35. The normalized spacial score (nSPS) is 16.3. The van der Waals surface area contributed by atoms with Gasteiger partial charge in [0.2, 0.25) is 0 Å². The number of piperidine rings is 1. The Labute approximate surface area is 198 Å². The van der Waals surface area contributed by atoms with Crippen LogP contribution in [0.4, 0.5) is 4.79 Å². The molecule has 2 aromatic carbocycles. The van der Waals surface area contributed by atoms with E-state index in [0.29, 0.717) is 40.9 Å². The van der Waals surface area contributed by atoms with Crippen LogP contribution in [0.2, 0.25) is 0 Å². The van der Waals surface area contributed by atoms with Crippen molar-refractivity contribution in [3.8, 4) is 11.1 Å². The summed E-state index contributed by atoms with van der Waals surface area (Å²) in [5.74, 6) is -0.270. The number of ketones is 2. The number of carbonyl (C=O) groups excluding carboxylic acids is 3. The Morgan fingerprint density at radius 3 is 2.21 bits per heavy atom. The summed E-state index contributed by atoms with van der Waals surface area (Å²) >= 11 is 0. The van der Waals surface area contributed by atoms with Crippen LogP contribution in [0, 0.1) is 0 Å². The van der Waals surface area contributed by atoms with Gasteiger partial charge in [-0.3, -0.25) is 14.3 Å². The molecule has 7 heteroatoms. The first-order chi connectivity index (χ1) is 16.2. The summed E-state index contributed by atoms with van der Waals surface area (Å²) in [5.41, 5.74) is 2.75. The number of hydrogen-bond acceptors (Lipinski definition) is 5. The molecule has 3 aromatic rings. The minimum atomic E-state index is -0.515. The molecule has 0 N–H and O–H groups in total. The summed E-state index contributed by atoms with van der Waals surface area (Å²) in [6.07, 6.45) is 4.91. The third-order valence-electron chi connectivity index (χ3n) is 6.36. The lowest BCUT2D eigenvalue weighted by Gasteiger charge is -2.33. The van der Waals surface area contributed by atoms with E-state index in [9.17, 15) is 14.4 Å². The van der Waals surface area contributed by atoms with Crippen molar-refractivity contribution in [3.05, 3.63) is 77.1 Å². The number of benzene rings is 2. The van der Waals surface area contributed by atoms with E-state index in [1.807, 2.05) is 43.8 Å². The monoisotopic (exact) mass is 457 g/mol. The zero-order valence-corrected chi connectivity index (χ0v) is 19.6. The quantitative estimate of drug-likeness (QED) is 0.428. The molecule has 2 heterocycles. The smallest absolute Gasteiger partial charge is 0.410 e. The van der Waals surface area contributed by atoms with E-state index in [4.69, 9.17) is 4.74 Å². The van der Waals surface area contributed by atoms with Gasteiger partial charge in [-0.15, -0.1) is 0 Å². The molecule has 0 spiro atoms. The largest absolute Gasteiger partial charge is 0.444 e. The van der Waals surface area contributed by atoms with Gasteiger partial charge in [0.25, 0.3) is 0 Å². The van der Waals surface area contributed by atoms with Crippen LogP contribution in [0.25, 0.3) is 11.1 Å². The van der Waals surface area contributed by atoms with Crippen LogP contribution < -0.4 is 0 Å². The second kappa shape index (κ2) is 8.24. The van der Waals surface area contributed by atoms with Crippen LogP contribution in [0.15, 0.2) is 54.9 Å². The van der Waals surface area contributed by atoms with E-state index in [2.05, 4.69) is 5.10 Å². The Balaban J connectivity index is 1.37. The van der Waals surface area contributed by atoms with Gasteiger partial charge >= 0.3 is 6.09 Å². The maximum absolute atomic E-state index is 13.3. The molecule has 1 aliphatic carbocycles. The highest BCUT2D eigenvalue weighted by atomic mass is 16.6. The molecule has 34 heavy (non-hydrogen) atoms. The second-order valence-corrected chi connectivity index (χ2v) is 9.84. The fraction of sp³-hybridized carbons (Fsp3) is 0.333. The lowest BCUT2D eigenvalue weighted by atomic mass is 9.81. The van der Waals surface area contributed by atoms with E-state index in [1.165, 1.54) is 0 Å². The molecule has 1 saturated heterocycles. The molecular weight excluding hydrogens is 430 g/mol. The summed E-state index contributed by atoms with van der Waals surface area (Å²) in [4.78, 5) is 40.5. The van der Waals surface area contributed by atoms with Crippen molar-refractivity contribution in [2.75, 3.05) is 13.1 Å². The maximum atomic E-state index is 13.3. The summed E-state index contributed by atoms with van der Waals surface area (Å²) < 4.78 is 7.39. The fourth-order valence-electron chi connectivity index (χ4n) is 4.70. The Morgan fingerprint density at radius 2 is 1.53 bits per heavy atom. The third kappa shape index (κ3) is 3.91. The number of likely N-dealkylation sites (tertiary alicyclic amines) is 1. The van der Waals surface area contributed by atoms with E-state index in [-0.39, 0.29) is 23.7 Å². The second-order valence-electron chi connectivity index (χ2n) is 9.84. The zero-order chi connectivity index (χ0) is 24.0. The maximum Gasteiger partial charge on any atom is 0.410 e. The standard InChI is InChI=1S/C27H27N3O4/c1-27(2,3)34-26(33)29-13-11-18(12-14-29)30-16-17(15-28-30)19-9-6-10-22-23(19)25(32)21-8-5-4-7-20(21)24(22)31/h4-10,15-16,18H,11-14H2,1-3H3. The van der Waals surface area contributed by atoms with Crippen LogP contribution in [0.5, 0.6) is 0 Å². The third-order valence-corrected chi connectivity index (χ3v) is 6.36. The molecule has 1 aromatic heterocycles. The minimum Gasteiger partial charge on any atom is -0.444 e. The summed E-state index contributed by atoms with van der Waals surface area (Å²) in [5, 5.41) is 4.57. The van der Waals surface area contributed by atoms with Crippen molar-refractivity contribution in [1.29, 1.82) is 0 Å². The predicted molar refractivity (Wildman–Crippen MR) is 127 cm³/mol. The predicted octanol–water partition coefficient (Wildman–Crippen LogP) is 4.90. The fourth-order valence-corrected chi connectivity index (χ4v) is 4.70. The number of nitrogens with zero attached hydrogens (tertiary/aromatic N) is 3. The lowest BCUT2D eigenvalue weighted by molar-refractivity contribution is 0.0184. The van der Waals surface area contributed by atoms with Gasteiger partial charge in [-0.25, -0.2) is 4.79 Å². The van der Waals surface area contributed by atoms with Crippen LogP contribution in [-0.4, -0.2) is 51.0 Å². The first kappa shape index (κ1) is 22.1. The Bertz CT molecular complexity index is 1290. The first-order valence-electron chi connectivity index (χ1n) is 11.6. The van der Waals surface area contributed by atoms with Gasteiger partial charge in [0.1, 0.15) is 5.60 Å². The molecule has 0 unspecified atom stereocenters. The Morgan fingerprint density at radius 1 is 0.912 bits per heavy atom. The molecule has 5 rings (SSSR count). The Hall–Kier alpha value is -3.74. The highest BCUT2D eigenvalue weighted by Gasteiger charge is 2.32. The van der Waals surface area contributed by atoms with E-state index >= 15 is 0 Å². The van der Waals surface area contributed by atoms with Crippen LogP contribution >= 0.6 is 0 Å². The van der Waals surface area contributed by atoms with E-state index in [1.54, 1.807) is 41.4 Å². The average Bonchev–Trinajstić information content (AvgIpc) is 3.31. The molecule has 1 fully saturated rings. The first-order valence-corrected chi connectivity index (χ1v) is 11.6. The van der Waals surface area contributed by atoms with Crippen LogP contribution in [0.3, 0.4) is 0 Å². The molecule has 0 saturated carbocycles. The number of hydrogen-bond donors (Lipinski definition) is 0. The van der Waals surface area contributed by atoms with Crippen molar-refractivity contribution >= 4 is 17.7 Å². The van der Waals surface area contributed by atoms with Gasteiger partial charge < -0.3 is 9.64 Å². The average molecular weight is 458 g/mol. The van der Waals surface area contributed by atoms with Crippen molar-refractivity contribution in [1.82, 2.24) is 14.7 Å². The molecule has 174 valence electrons. The lowest BCUT2D eigenvalue weighted by Crippen LogP contribution is -2.42. The SMILES string of the molecule is CC(C)(C)OC(=O)N1CCC(n2cc(-c3cccc4c3C(=O)c3ccccc3C4=O)cn2)CC1. The van der Waals surface area contributed by atoms with Crippen molar-refractivity contribution in [3.63, 3.8) is 0 Å².